The number of imidazole rings is 2. The van der Waals surface area contributed by atoms with Gasteiger partial charge in [0.15, 0.2) is 0 Å². The number of hydrogen-bond acceptors (Lipinski definition) is 4. The van der Waals surface area contributed by atoms with E-state index in [4.69, 9.17) is 21.4 Å². The summed E-state index contributed by atoms with van der Waals surface area (Å²) >= 11 is 0. The maximum atomic E-state index is 6.28. The molecule has 6 heteroatoms. The van der Waals surface area contributed by atoms with E-state index in [0.717, 1.165) is 59.4 Å². The largest absolute Gasteiger partial charge is 0.342 e. The molecule has 0 atom stereocenters. The smallest absolute Gasteiger partial charge is 0.107 e. The van der Waals surface area contributed by atoms with Gasteiger partial charge in [-0.3, -0.25) is 0 Å². The third-order valence-electron chi connectivity index (χ3n) is 11.5. The van der Waals surface area contributed by atoms with Crippen LogP contribution in [0.25, 0.3) is 55.1 Å². The topological polar surface area (TPSA) is 109 Å². The van der Waals surface area contributed by atoms with Crippen LogP contribution in [0.15, 0.2) is 72.8 Å². The summed E-state index contributed by atoms with van der Waals surface area (Å²) in [6, 6.07) is 26.6. The molecule has 0 aliphatic heterocycles. The van der Waals surface area contributed by atoms with Gasteiger partial charge in [0.2, 0.25) is 0 Å². The lowest BCUT2D eigenvalue weighted by Gasteiger charge is -2.07. The van der Waals surface area contributed by atoms with Crippen LogP contribution in [0.2, 0.25) is 0 Å². The fraction of sp³-hybridized carbons (Fsp3) is 0.333. The first kappa shape index (κ1) is 23.6. The Kier molecular flexibility index (Phi) is 4.20. The number of benzene rings is 4. The molecular formula is C36H34N6. The molecule has 6 N–H and O–H groups in total. The molecule has 0 radical (unpaired) electrons. The molecule has 10 rings (SSSR count). The molecule has 0 amide bonds. The van der Waals surface area contributed by atoms with Crippen LogP contribution in [0.1, 0.15) is 50.2 Å². The van der Waals surface area contributed by atoms with Crippen LogP contribution in [0.5, 0.6) is 0 Å². The van der Waals surface area contributed by atoms with Crippen molar-refractivity contribution in [3.8, 4) is 22.3 Å². The summed E-state index contributed by atoms with van der Waals surface area (Å²) in [5.41, 5.74) is 22.9. The molecule has 6 nitrogen and oxygen atoms in total. The Morgan fingerprint density at radius 2 is 0.929 bits per heavy atom. The van der Waals surface area contributed by atoms with Gasteiger partial charge in [-0.05, 0) is 119 Å². The molecule has 0 bridgehead atoms. The van der Waals surface area contributed by atoms with Crippen LogP contribution in [0.3, 0.4) is 0 Å². The number of nitrogens with zero attached hydrogens (tertiary/aromatic N) is 2. The van der Waals surface area contributed by atoms with Gasteiger partial charge < -0.3 is 21.4 Å². The second kappa shape index (κ2) is 7.49. The van der Waals surface area contributed by atoms with Crippen LogP contribution in [0.4, 0.5) is 0 Å². The van der Waals surface area contributed by atoms with Gasteiger partial charge >= 0.3 is 0 Å². The van der Waals surface area contributed by atoms with E-state index in [9.17, 15) is 0 Å². The summed E-state index contributed by atoms with van der Waals surface area (Å²) in [5, 5.41) is 2.47. The maximum Gasteiger partial charge on any atom is 0.107 e. The highest BCUT2D eigenvalue weighted by molar-refractivity contribution is 5.93. The summed E-state index contributed by atoms with van der Waals surface area (Å²) in [5.74, 6) is 2.15. The molecule has 2 aromatic heterocycles. The molecule has 4 aliphatic rings. The summed E-state index contributed by atoms with van der Waals surface area (Å²) in [7, 11) is 0. The number of hydrogen-bond donors (Lipinski definition) is 4. The van der Waals surface area contributed by atoms with Gasteiger partial charge in [-0.25, -0.2) is 9.97 Å². The SMILES string of the molecule is NC12CC1(CCc1nc3ccc(-c4ccc5cc(-c6ccc7nc(CCC89CC8(N)C9)[nH]c7c6)ccc5c4)cc3[nH]1)C2. The number of nitrogens with one attached hydrogen (secondary N) is 2. The first-order valence-electron chi connectivity index (χ1n) is 15.4. The van der Waals surface area contributed by atoms with Gasteiger partial charge in [-0.2, -0.15) is 0 Å². The molecule has 6 aromatic rings. The van der Waals surface area contributed by atoms with E-state index < -0.39 is 0 Å². The Labute approximate surface area is 243 Å². The van der Waals surface area contributed by atoms with Gasteiger partial charge in [0, 0.05) is 23.9 Å². The van der Waals surface area contributed by atoms with E-state index in [1.54, 1.807) is 0 Å². The van der Waals surface area contributed by atoms with Crippen LogP contribution in [0, 0.1) is 10.8 Å². The van der Waals surface area contributed by atoms with Crippen molar-refractivity contribution in [2.24, 2.45) is 22.3 Å². The van der Waals surface area contributed by atoms with E-state index in [1.165, 1.54) is 58.7 Å². The molecular weight excluding hydrogens is 516 g/mol. The Morgan fingerprint density at radius 1 is 0.548 bits per heavy atom. The van der Waals surface area contributed by atoms with Gasteiger partial charge in [-0.15, -0.1) is 0 Å². The second-order valence-corrected chi connectivity index (χ2v) is 14.2. The minimum atomic E-state index is 0.171. The first-order valence-corrected chi connectivity index (χ1v) is 15.4. The first-order chi connectivity index (χ1) is 20.3. The number of aromatic amines is 2. The van der Waals surface area contributed by atoms with Crippen LogP contribution >= 0.6 is 0 Å². The second-order valence-electron chi connectivity index (χ2n) is 14.2. The zero-order chi connectivity index (χ0) is 27.9. The molecule has 4 saturated carbocycles. The average Bonchev–Trinajstić information content (AvgIpc) is 3.86. The van der Waals surface area contributed by atoms with Crippen molar-refractivity contribution in [2.45, 2.75) is 62.4 Å². The number of nitrogens with two attached hydrogens (primary N) is 2. The Hall–Kier alpha value is -4.00. The lowest BCUT2D eigenvalue weighted by Crippen LogP contribution is -2.07. The van der Waals surface area contributed by atoms with Crippen LogP contribution < -0.4 is 11.5 Å². The molecule has 4 aliphatic carbocycles. The maximum absolute atomic E-state index is 6.28. The number of H-pyrrole nitrogens is 2. The molecule has 208 valence electrons. The monoisotopic (exact) mass is 550 g/mol. The van der Waals surface area contributed by atoms with E-state index in [1.807, 2.05) is 0 Å². The third-order valence-corrected chi connectivity index (χ3v) is 11.5. The fourth-order valence-electron chi connectivity index (χ4n) is 8.03. The molecule has 0 unspecified atom stereocenters. The van der Waals surface area contributed by atoms with E-state index >= 15 is 0 Å². The molecule has 2 heterocycles. The molecule has 0 saturated heterocycles. The molecule has 4 fully saturated rings. The highest BCUT2D eigenvalue weighted by atomic mass is 15.1. The number of aryl methyl sites for hydroxylation is 2. The van der Waals surface area contributed by atoms with Crippen molar-refractivity contribution in [1.29, 1.82) is 0 Å². The standard InChI is InChI=1S/C36H34N6/c37-35-17-33(35,18-35)11-9-31-39-27-7-5-25(15-29(27)41-31)23-3-1-21-13-24(4-2-22(21)14-23)26-6-8-28-30(16-26)42-32(40-28)10-12-34-19-36(34,38)20-34/h1-8,13-16H,9-12,17-20,37-38H2,(H,39,41)(H,40,42). The number of fused-ring (bicyclic) bond motifs is 5. The normalized spacial score (nSPS) is 30.0. The van der Waals surface area contributed by atoms with Gasteiger partial charge in [0.25, 0.3) is 0 Å². The van der Waals surface area contributed by atoms with E-state index in [0.29, 0.717) is 10.8 Å². The van der Waals surface area contributed by atoms with E-state index in [2.05, 4.69) is 82.8 Å². The van der Waals surface area contributed by atoms with E-state index in [-0.39, 0.29) is 11.1 Å². The lowest BCUT2D eigenvalue weighted by atomic mass is 9.97. The Morgan fingerprint density at radius 3 is 1.33 bits per heavy atom. The summed E-state index contributed by atoms with van der Waals surface area (Å²) in [4.78, 5) is 16.8. The Balaban J connectivity index is 0.888. The van der Waals surface area contributed by atoms with Crippen LogP contribution in [-0.2, 0) is 12.8 Å². The van der Waals surface area contributed by atoms with Crippen molar-refractivity contribution in [1.82, 2.24) is 19.9 Å². The number of aromatic nitrogens is 4. The zero-order valence-corrected chi connectivity index (χ0v) is 23.6. The lowest BCUT2D eigenvalue weighted by molar-refractivity contribution is 0.576. The van der Waals surface area contributed by atoms with Crippen LogP contribution in [-0.4, -0.2) is 31.0 Å². The quantitative estimate of drug-likeness (QED) is 0.168. The molecule has 4 aromatic carbocycles. The number of rotatable bonds is 8. The molecule has 0 spiro atoms. The Bertz CT molecular complexity index is 1950. The average molecular weight is 551 g/mol. The van der Waals surface area contributed by atoms with Crippen molar-refractivity contribution >= 4 is 32.8 Å². The summed E-state index contributed by atoms with van der Waals surface area (Å²) in [6.45, 7) is 0. The predicted octanol–water partition coefficient (Wildman–Crippen LogP) is 6.77. The minimum Gasteiger partial charge on any atom is -0.342 e. The third kappa shape index (κ3) is 3.39. The fourth-order valence-corrected chi connectivity index (χ4v) is 8.03. The zero-order valence-electron chi connectivity index (χ0n) is 23.6. The van der Waals surface area contributed by atoms with Gasteiger partial charge in [0.05, 0.1) is 22.1 Å². The van der Waals surface area contributed by atoms with Crippen molar-refractivity contribution < 1.29 is 0 Å². The summed E-state index contributed by atoms with van der Waals surface area (Å²) in [6.07, 6.45) is 9.05. The van der Waals surface area contributed by atoms with Crippen molar-refractivity contribution in [2.75, 3.05) is 0 Å². The molecule has 42 heavy (non-hydrogen) atoms. The highest BCUT2D eigenvalue weighted by Crippen LogP contribution is 2.79. The highest BCUT2D eigenvalue weighted by Gasteiger charge is 2.80. The van der Waals surface area contributed by atoms with Crippen molar-refractivity contribution in [3.63, 3.8) is 0 Å². The predicted molar refractivity (Wildman–Crippen MR) is 168 cm³/mol. The van der Waals surface area contributed by atoms with Crippen molar-refractivity contribution in [3.05, 3.63) is 84.4 Å². The minimum absolute atomic E-state index is 0.171. The van der Waals surface area contributed by atoms with Gasteiger partial charge in [0.1, 0.15) is 11.6 Å². The summed E-state index contributed by atoms with van der Waals surface area (Å²) < 4.78 is 0. The van der Waals surface area contributed by atoms with Gasteiger partial charge in [-0.1, -0.05) is 36.4 Å².